The van der Waals surface area contributed by atoms with E-state index in [-0.39, 0.29) is 16.4 Å². The number of pyridine rings is 1. The SMILES string of the molecule is [2H]C([2H])([2H])C(c1cc(-c2cccc3c4ccc(C(C)(C)C)cc4c4ccccc4c4cccc5c4n(c23)CN5c2cccc(Oc3ccc4c5ccccc5n(-c5cc(C(C)(C)C)ccn5)c4c3)c2)cc(C(C)(C)C)c1)(C([2H])([2H])[2H])C([2H])([2H])[2H]. The second-order valence-corrected chi connectivity index (χ2v) is 23.5. The topological polar surface area (TPSA) is 35.2 Å². The van der Waals surface area contributed by atoms with Crippen molar-refractivity contribution in [2.45, 2.75) is 111 Å². The maximum absolute atomic E-state index is 8.86. The molecular formula is C70H68N4O. The Hall–Kier alpha value is -7.89. The fourth-order valence-electron chi connectivity index (χ4n) is 11.2. The zero-order valence-electron chi connectivity index (χ0n) is 53.2. The molecule has 4 heterocycles. The highest BCUT2D eigenvalue weighted by atomic mass is 16.5. The number of hydrogen-bond acceptors (Lipinski definition) is 3. The highest BCUT2D eigenvalue weighted by Crippen LogP contribution is 2.47. The molecule has 0 saturated heterocycles. The Morgan fingerprint density at radius 3 is 1.76 bits per heavy atom. The molecule has 11 aromatic rings. The van der Waals surface area contributed by atoms with E-state index in [0.717, 1.165) is 87.9 Å². The molecule has 0 unspecified atom stereocenters. The molecule has 0 bridgehead atoms. The van der Waals surface area contributed by atoms with Crippen molar-refractivity contribution >= 4 is 76.5 Å². The second kappa shape index (κ2) is 17.3. The van der Waals surface area contributed by atoms with Gasteiger partial charge in [-0.1, -0.05) is 192 Å². The lowest BCUT2D eigenvalue weighted by Crippen LogP contribution is -2.17. The standard InChI is InChI=1S/C70H68N4O/c1-67(2,3)45-30-32-55-58-26-18-25-52(44-36-47(69(7,8)9)38-48(37-44)70(10,11)12)65(58)73-43-72(62-29-19-27-59(66(62)73)53-22-13-14-23-54(53)60(55)39-45)49-20-17-21-50(41-49)75-51-31-33-57-56-24-15-16-28-61(56)74(63(57)42-51)64-40-46(34-35-71-64)68(4,5)6/h13-42H,43H2,1-12H3/i7D3,8D3,9D3. The van der Waals surface area contributed by atoms with E-state index in [1.807, 2.05) is 63.4 Å². The first-order valence-corrected chi connectivity index (χ1v) is 26.0. The predicted molar refractivity (Wildman–Crippen MR) is 320 cm³/mol. The lowest BCUT2D eigenvalue weighted by atomic mass is 9.78. The summed E-state index contributed by atoms with van der Waals surface area (Å²) in [7, 11) is 0. The molecule has 0 radical (unpaired) electrons. The van der Waals surface area contributed by atoms with Crippen molar-refractivity contribution < 1.29 is 17.1 Å². The van der Waals surface area contributed by atoms with Crippen LogP contribution in [0, 0.1) is 0 Å². The van der Waals surface area contributed by atoms with E-state index >= 15 is 0 Å². The minimum atomic E-state index is -3.47. The molecule has 8 aromatic carbocycles. The van der Waals surface area contributed by atoms with Crippen molar-refractivity contribution in [2.24, 2.45) is 0 Å². The van der Waals surface area contributed by atoms with Crippen LogP contribution in [-0.2, 0) is 28.3 Å². The third-order valence-electron chi connectivity index (χ3n) is 15.2. The molecule has 12 rings (SSSR count). The highest BCUT2D eigenvalue weighted by molar-refractivity contribution is 6.22. The summed E-state index contributed by atoms with van der Waals surface area (Å²) in [5, 5.41) is 8.11. The molecule has 1 aliphatic heterocycles. The molecule has 5 heteroatoms. The van der Waals surface area contributed by atoms with Crippen molar-refractivity contribution in [2.75, 3.05) is 4.90 Å². The molecule has 3 aromatic heterocycles. The molecule has 0 N–H and O–H groups in total. The first-order valence-electron chi connectivity index (χ1n) is 30.5. The monoisotopic (exact) mass is 990 g/mol. The van der Waals surface area contributed by atoms with Crippen LogP contribution in [0.1, 0.15) is 117 Å². The van der Waals surface area contributed by atoms with Gasteiger partial charge in [0.2, 0.25) is 0 Å². The Labute approximate surface area is 455 Å². The van der Waals surface area contributed by atoms with Crippen LogP contribution < -0.4 is 9.64 Å². The summed E-state index contributed by atoms with van der Waals surface area (Å²) in [6.45, 7) is 9.01. The van der Waals surface area contributed by atoms with Crippen LogP contribution in [0.2, 0.25) is 0 Å². The number of fused-ring (bicyclic) bond motifs is 10. The molecule has 75 heavy (non-hydrogen) atoms. The summed E-state index contributed by atoms with van der Waals surface area (Å²) < 4.78 is 91.1. The molecule has 0 amide bonds. The fraction of sp³-hybridized carbons (Fsp3) is 0.243. The van der Waals surface area contributed by atoms with Gasteiger partial charge in [-0.15, -0.1) is 0 Å². The fourth-order valence-corrected chi connectivity index (χ4v) is 11.2. The number of aromatic nitrogens is 3. The van der Waals surface area contributed by atoms with Gasteiger partial charge in [0, 0.05) is 63.5 Å². The van der Waals surface area contributed by atoms with E-state index in [0.29, 0.717) is 34.9 Å². The van der Waals surface area contributed by atoms with Gasteiger partial charge < -0.3 is 14.2 Å². The second-order valence-electron chi connectivity index (χ2n) is 23.5. The minimum absolute atomic E-state index is 0.0810. The smallest absolute Gasteiger partial charge is 0.137 e. The van der Waals surface area contributed by atoms with E-state index < -0.39 is 31.4 Å². The van der Waals surface area contributed by atoms with Crippen LogP contribution in [0.15, 0.2) is 182 Å². The van der Waals surface area contributed by atoms with Gasteiger partial charge >= 0.3 is 0 Å². The van der Waals surface area contributed by atoms with Crippen molar-refractivity contribution in [1.29, 1.82) is 0 Å². The zero-order valence-corrected chi connectivity index (χ0v) is 44.2. The van der Waals surface area contributed by atoms with Crippen LogP contribution in [0.25, 0.3) is 82.1 Å². The number of nitrogens with zero attached hydrogens (tertiary/aromatic N) is 4. The van der Waals surface area contributed by atoms with Crippen molar-refractivity contribution in [3.8, 4) is 28.4 Å². The number of benzene rings is 8. The summed E-state index contributed by atoms with van der Waals surface area (Å²) >= 11 is 0. The lowest BCUT2D eigenvalue weighted by Gasteiger charge is -2.27. The van der Waals surface area contributed by atoms with E-state index in [1.165, 1.54) is 17.7 Å². The van der Waals surface area contributed by atoms with Crippen LogP contribution in [0.4, 0.5) is 11.4 Å². The van der Waals surface area contributed by atoms with Crippen molar-refractivity contribution in [1.82, 2.24) is 14.1 Å². The molecule has 374 valence electrons. The Morgan fingerprint density at radius 1 is 0.440 bits per heavy atom. The average molecular weight is 990 g/mol. The van der Waals surface area contributed by atoms with Crippen LogP contribution in [0.3, 0.4) is 0 Å². The summed E-state index contributed by atoms with van der Waals surface area (Å²) in [5.74, 6) is 2.11. The summed E-state index contributed by atoms with van der Waals surface area (Å²) in [6.07, 6.45) is 1.88. The molecule has 0 spiro atoms. The molecule has 1 aliphatic rings. The van der Waals surface area contributed by atoms with Crippen molar-refractivity contribution in [3.05, 3.63) is 204 Å². The van der Waals surface area contributed by atoms with E-state index in [9.17, 15) is 0 Å². The minimum Gasteiger partial charge on any atom is -0.457 e. The molecule has 0 atom stereocenters. The summed E-state index contributed by atoms with van der Waals surface area (Å²) in [4.78, 5) is 7.17. The van der Waals surface area contributed by atoms with E-state index in [1.54, 1.807) is 0 Å². The van der Waals surface area contributed by atoms with Gasteiger partial charge in [0.15, 0.2) is 0 Å². The highest BCUT2D eigenvalue weighted by Gasteiger charge is 2.28. The first-order chi connectivity index (χ1) is 39.5. The molecule has 5 nitrogen and oxygen atoms in total. The number of ether oxygens (including phenoxy) is 1. The first kappa shape index (κ1) is 38.7. The van der Waals surface area contributed by atoms with Crippen LogP contribution in [-0.4, -0.2) is 14.1 Å². The predicted octanol–water partition coefficient (Wildman–Crippen LogP) is 19.5. The third-order valence-corrected chi connectivity index (χ3v) is 15.2. The number of anilines is 2. The van der Waals surface area contributed by atoms with Gasteiger partial charge in [0.25, 0.3) is 0 Å². The maximum atomic E-state index is 8.86. The van der Waals surface area contributed by atoms with Gasteiger partial charge in [-0.3, -0.25) is 4.57 Å². The van der Waals surface area contributed by atoms with Crippen LogP contribution >= 0.6 is 0 Å². The molecule has 0 saturated carbocycles. The molecular weight excluding hydrogens is 913 g/mol. The van der Waals surface area contributed by atoms with Crippen molar-refractivity contribution in [3.63, 3.8) is 0 Å². The Morgan fingerprint density at radius 2 is 1.03 bits per heavy atom. The van der Waals surface area contributed by atoms with Gasteiger partial charge in [-0.25, -0.2) is 4.98 Å². The van der Waals surface area contributed by atoms with Gasteiger partial charge in [0.05, 0.1) is 27.8 Å². The van der Waals surface area contributed by atoms with Gasteiger partial charge in [-0.05, 0) is 126 Å². The maximum Gasteiger partial charge on any atom is 0.137 e. The largest absolute Gasteiger partial charge is 0.457 e. The van der Waals surface area contributed by atoms with Gasteiger partial charge in [-0.2, -0.15) is 0 Å². The molecule has 0 aliphatic carbocycles. The molecule has 0 fully saturated rings. The number of para-hydroxylation sites is 3. The van der Waals surface area contributed by atoms with E-state index in [2.05, 4.69) is 183 Å². The lowest BCUT2D eigenvalue weighted by molar-refractivity contribution is 0.483. The number of rotatable bonds is 5. The summed E-state index contributed by atoms with van der Waals surface area (Å²) in [5.41, 5.74) is 5.10. The number of hydrogen-bond donors (Lipinski definition) is 0. The van der Waals surface area contributed by atoms with Crippen LogP contribution in [0.5, 0.6) is 11.5 Å². The normalized spacial score (nSPS) is 15.5. The Balaban J connectivity index is 1.11. The van der Waals surface area contributed by atoms with E-state index in [4.69, 9.17) is 22.1 Å². The average Bonchev–Trinajstić information content (AvgIpc) is 0.838. The quantitative estimate of drug-likeness (QED) is 0.172. The summed E-state index contributed by atoms with van der Waals surface area (Å²) in [6, 6.07) is 59.5. The third kappa shape index (κ3) is 8.38. The Bertz CT molecular complexity index is 4510. The Kier molecular flexibility index (Phi) is 8.94. The zero-order chi connectivity index (χ0) is 59.8. The van der Waals surface area contributed by atoms with Gasteiger partial charge in [0.1, 0.15) is 24.0 Å².